The summed E-state index contributed by atoms with van der Waals surface area (Å²) in [5.74, 6) is -0.0765. The smallest absolute Gasteiger partial charge is 0.311 e. The summed E-state index contributed by atoms with van der Waals surface area (Å²) < 4.78 is 0. The average Bonchev–Trinajstić information content (AvgIpc) is 3.01. The van der Waals surface area contributed by atoms with Gasteiger partial charge in [-0.3, -0.25) is 9.78 Å². The van der Waals surface area contributed by atoms with Gasteiger partial charge in [-0.1, -0.05) is 0 Å². The molecule has 0 aromatic carbocycles. The van der Waals surface area contributed by atoms with Gasteiger partial charge in [-0.15, -0.1) is 0 Å². The van der Waals surface area contributed by atoms with Crippen molar-refractivity contribution in [1.29, 1.82) is 0 Å². The Morgan fingerprint density at radius 3 is 2.69 bits per heavy atom. The van der Waals surface area contributed by atoms with E-state index in [0.29, 0.717) is 12.4 Å². The molecule has 0 atom stereocenters. The zero-order chi connectivity index (χ0) is 11.8. The number of hydrogen-bond donors (Lipinski definition) is 2. The van der Waals surface area contributed by atoms with Gasteiger partial charge >= 0.3 is 5.97 Å². The molecule has 1 heterocycles. The van der Waals surface area contributed by atoms with Crippen LogP contribution in [0.4, 0.5) is 5.82 Å². The van der Waals surface area contributed by atoms with E-state index in [-0.39, 0.29) is 0 Å². The second-order valence-corrected chi connectivity index (χ2v) is 4.37. The SMILES string of the molecule is Cc1ncc(NCC2(C(=O)O)CC2)nc1C. The summed E-state index contributed by atoms with van der Waals surface area (Å²) in [5, 5.41) is 12.0. The van der Waals surface area contributed by atoms with Gasteiger partial charge in [0.15, 0.2) is 0 Å². The summed E-state index contributed by atoms with van der Waals surface area (Å²) >= 11 is 0. The van der Waals surface area contributed by atoms with Crippen LogP contribution in [0.2, 0.25) is 0 Å². The van der Waals surface area contributed by atoms with Gasteiger partial charge in [0, 0.05) is 6.54 Å². The van der Waals surface area contributed by atoms with Crippen LogP contribution in [-0.2, 0) is 4.79 Å². The van der Waals surface area contributed by atoms with Crippen LogP contribution >= 0.6 is 0 Å². The van der Waals surface area contributed by atoms with Crippen molar-refractivity contribution >= 4 is 11.8 Å². The Hall–Kier alpha value is -1.65. The van der Waals surface area contributed by atoms with Crippen molar-refractivity contribution in [3.05, 3.63) is 17.6 Å². The molecule has 16 heavy (non-hydrogen) atoms. The Bertz CT molecular complexity index is 427. The average molecular weight is 221 g/mol. The van der Waals surface area contributed by atoms with E-state index < -0.39 is 11.4 Å². The van der Waals surface area contributed by atoms with Gasteiger partial charge < -0.3 is 10.4 Å². The van der Waals surface area contributed by atoms with Gasteiger partial charge in [0.1, 0.15) is 5.82 Å². The molecule has 0 amide bonds. The summed E-state index contributed by atoms with van der Waals surface area (Å²) in [4.78, 5) is 19.4. The van der Waals surface area contributed by atoms with Crippen molar-refractivity contribution in [1.82, 2.24) is 9.97 Å². The lowest BCUT2D eigenvalue weighted by molar-refractivity contribution is -0.142. The molecular formula is C11H15N3O2. The largest absolute Gasteiger partial charge is 0.481 e. The summed E-state index contributed by atoms with van der Waals surface area (Å²) in [5.41, 5.74) is 1.19. The van der Waals surface area contributed by atoms with Gasteiger partial charge in [0.05, 0.1) is 23.0 Å². The highest BCUT2D eigenvalue weighted by Gasteiger charge is 2.50. The molecule has 1 saturated carbocycles. The Morgan fingerprint density at radius 1 is 1.50 bits per heavy atom. The van der Waals surface area contributed by atoms with Gasteiger partial charge in [-0.25, -0.2) is 4.98 Å². The summed E-state index contributed by atoms with van der Waals surface area (Å²) in [7, 11) is 0. The number of rotatable bonds is 4. The van der Waals surface area contributed by atoms with Crippen LogP contribution in [0.3, 0.4) is 0 Å². The normalized spacial score (nSPS) is 16.9. The minimum absolute atomic E-state index is 0.430. The van der Waals surface area contributed by atoms with E-state index in [4.69, 9.17) is 5.11 Å². The third kappa shape index (κ3) is 1.98. The molecule has 86 valence electrons. The fraction of sp³-hybridized carbons (Fsp3) is 0.545. The zero-order valence-electron chi connectivity index (χ0n) is 9.45. The lowest BCUT2D eigenvalue weighted by Crippen LogP contribution is -2.24. The molecule has 1 aliphatic rings. The van der Waals surface area contributed by atoms with Gasteiger partial charge in [0.2, 0.25) is 0 Å². The van der Waals surface area contributed by atoms with Crippen LogP contribution in [-0.4, -0.2) is 27.6 Å². The Balaban J connectivity index is 2.00. The monoisotopic (exact) mass is 221 g/mol. The van der Waals surface area contributed by atoms with Gasteiger partial charge in [0.25, 0.3) is 0 Å². The molecule has 1 aromatic rings. The van der Waals surface area contributed by atoms with Crippen molar-refractivity contribution in [2.24, 2.45) is 5.41 Å². The minimum atomic E-state index is -0.725. The maximum Gasteiger partial charge on any atom is 0.311 e. The molecular weight excluding hydrogens is 206 g/mol. The quantitative estimate of drug-likeness (QED) is 0.803. The first-order valence-electron chi connectivity index (χ1n) is 5.31. The second-order valence-electron chi connectivity index (χ2n) is 4.37. The molecule has 0 aliphatic heterocycles. The molecule has 1 fully saturated rings. The number of aromatic nitrogens is 2. The third-order valence-electron chi connectivity index (χ3n) is 3.11. The molecule has 0 spiro atoms. The Kier molecular flexibility index (Phi) is 2.53. The van der Waals surface area contributed by atoms with E-state index in [2.05, 4.69) is 15.3 Å². The molecule has 1 aromatic heterocycles. The predicted molar refractivity (Wildman–Crippen MR) is 59.3 cm³/mol. The number of aliphatic carboxylic acids is 1. The number of hydrogen-bond acceptors (Lipinski definition) is 4. The lowest BCUT2D eigenvalue weighted by Gasteiger charge is -2.11. The first-order chi connectivity index (χ1) is 7.53. The highest BCUT2D eigenvalue weighted by Crippen LogP contribution is 2.45. The van der Waals surface area contributed by atoms with Crippen LogP contribution in [0.5, 0.6) is 0 Å². The summed E-state index contributed by atoms with van der Waals surface area (Å²) in [6.07, 6.45) is 3.13. The molecule has 5 nitrogen and oxygen atoms in total. The number of nitrogens with zero attached hydrogens (tertiary/aromatic N) is 2. The molecule has 0 radical (unpaired) electrons. The third-order valence-corrected chi connectivity index (χ3v) is 3.11. The van der Waals surface area contributed by atoms with Crippen molar-refractivity contribution in [2.75, 3.05) is 11.9 Å². The maximum atomic E-state index is 10.9. The van der Waals surface area contributed by atoms with E-state index in [1.807, 2.05) is 13.8 Å². The molecule has 5 heteroatoms. The molecule has 0 saturated heterocycles. The van der Waals surface area contributed by atoms with Crippen LogP contribution in [0, 0.1) is 19.3 Å². The second kappa shape index (κ2) is 3.73. The van der Waals surface area contributed by atoms with E-state index in [1.54, 1.807) is 6.20 Å². The number of anilines is 1. The van der Waals surface area contributed by atoms with Crippen molar-refractivity contribution < 1.29 is 9.90 Å². The number of aryl methyl sites for hydroxylation is 2. The molecule has 0 unspecified atom stereocenters. The molecule has 2 rings (SSSR count). The van der Waals surface area contributed by atoms with Gasteiger partial charge in [-0.05, 0) is 26.7 Å². The number of nitrogens with one attached hydrogen (secondary N) is 1. The van der Waals surface area contributed by atoms with E-state index in [0.717, 1.165) is 24.2 Å². The first-order valence-corrected chi connectivity index (χ1v) is 5.31. The van der Waals surface area contributed by atoms with Crippen LogP contribution < -0.4 is 5.32 Å². The minimum Gasteiger partial charge on any atom is -0.481 e. The standard InChI is InChI=1S/C11H15N3O2/c1-7-8(2)14-9(5-12-7)13-6-11(3-4-11)10(15)16/h5H,3-4,6H2,1-2H3,(H,13,14)(H,15,16). The fourth-order valence-corrected chi connectivity index (χ4v) is 1.50. The molecule has 0 bridgehead atoms. The number of carboxylic acids is 1. The van der Waals surface area contributed by atoms with Gasteiger partial charge in [-0.2, -0.15) is 0 Å². The highest BCUT2D eigenvalue weighted by atomic mass is 16.4. The summed E-state index contributed by atoms with van der Waals surface area (Å²) in [6.45, 7) is 4.21. The van der Waals surface area contributed by atoms with E-state index in [1.165, 1.54) is 0 Å². The van der Waals surface area contributed by atoms with Crippen LogP contribution in [0.1, 0.15) is 24.2 Å². The fourth-order valence-electron chi connectivity index (χ4n) is 1.50. The van der Waals surface area contributed by atoms with Crippen molar-refractivity contribution in [3.8, 4) is 0 Å². The molecule has 1 aliphatic carbocycles. The zero-order valence-corrected chi connectivity index (χ0v) is 9.45. The first kappa shape index (κ1) is 10.9. The molecule has 2 N–H and O–H groups in total. The van der Waals surface area contributed by atoms with Crippen molar-refractivity contribution in [3.63, 3.8) is 0 Å². The van der Waals surface area contributed by atoms with Crippen molar-refractivity contribution in [2.45, 2.75) is 26.7 Å². The van der Waals surface area contributed by atoms with E-state index in [9.17, 15) is 4.79 Å². The Morgan fingerprint density at radius 2 is 2.19 bits per heavy atom. The van der Waals surface area contributed by atoms with E-state index >= 15 is 0 Å². The highest BCUT2D eigenvalue weighted by molar-refractivity contribution is 5.78. The lowest BCUT2D eigenvalue weighted by atomic mass is 10.1. The maximum absolute atomic E-state index is 10.9. The Labute approximate surface area is 93.9 Å². The number of carboxylic acid groups (broad SMARTS) is 1. The topological polar surface area (TPSA) is 75.1 Å². The van der Waals surface area contributed by atoms with Crippen LogP contribution in [0.15, 0.2) is 6.20 Å². The summed E-state index contributed by atoms with van der Waals surface area (Å²) in [6, 6.07) is 0. The van der Waals surface area contributed by atoms with Crippen LogP contribution in [0.25, 0.3) is 0 Å². The predicted octanol–water partition coefficient (Wildman–Crippen LogP) is 1.37. The number of carbonyl (C=O) groups is 1.